The van der Waals surface area contributed by atoms with Gasteiger partial charge >= 0.3 is 0 Å². The molecule has 0 spiro atoms. The van der Waals surface area contributed by atoms with Gasteiger partial charge in [0, 0.05) is 6.07 Å². The molecule has 0 fully saturated rings. The number of aromatic nitrogens is 2. The van der Waals surface area contributed by atoms with Gasteiger partial charge in [-0.1, -0.05) is 24.4 Å². The minimum absolute atomic E-state index is 0.207. The Kier molecular flexibility index (Phi) is 3.23. The lowest BCUT2D eigenvalue weighted by Crippen LogP contribution is -2.00. The number of benzene rings is 1. The standard InChI is InChI=1S/C11H10F2N2OS/c1-16-9-5-3-2-4-8(9)15-10(17)6-7(14-15)11(12)13/h2-6,11,14H,1H3. The number of hydrogen-bond acceptors (Lipinski definition) is 2. The molecular weight excluding hydrogens is 246 g/mol. The molecule has 0 atom stereocenters. The molecule has 2 rings (SSSR count). The molecule has 0 aliphatic carbocycles. The fourth-order valence-electron chi connectivity index (χ4n) is 1.52. The topological polar surface area (TPSA) is 29.9 Å². The molecule has 1 aromatic heterocycles. The van der Waals surface area contributed by atoms with Crippen molar-refractivity contribution in [2.75, 3.05) is 7.11 Å². The Balaban J connectivity index is 2.57. The Bertz CT molecular complexity index is 577. The summed E-state index contributed by atoms with van der Waals surface area (Å²) in [5.41, 5.74) is 0.396. The van der Waals surface area contributed by atoms with E-state index in [-0.39, 0.29) is 10.3 Å². The van der Waals surface area contributed by atoms with Crippen molar-refractivity contribution in [1.29, 1.82) is 0 Å². The zero-order chi connectivity index (χ0) is 12.4. The monoisotopic (exact) mass is 256 g/mol. The molecule has 0 amide bonds. The second-order valence-electron chi connectivity index (χ2n) is 3.36. The molecule has 0 unspecified atom stereocenters. The molecule has 1 heterocycles. The van der Waals surface area contributed by atoms with Gasteiger partial charge in [0.15, 0.2) is 0 Å². The third-order valence-electron chi connectivity index (χ3n) is 2.30. The van der Waals surface area contributed by atoms with Crippen LogP contribution in [0.25, 0.3) is 5.69 Å². The second-order valence-corrected chi connectivity index (χ2v) is 3.78. The Labute approximate surface area is 102 Å². The van der Waals surface area contributed by atoms with Crippen molar-refractivity contribution in [2.24, 2.45) is 0 Å². The van der Waals surface area contributed by atoms with E-state index in [2.05, 4.69) is 5.10 Å². The van der Waals surface area contributed by atoms with E-state index in [4.69, 9.17) is 17.0 Å². The van der Waals surface area contributed by atoms with Gasteiger partial charge in [0.2, 0.25) is 0 Å². The molecule has 6 heteroatoms. The first-order chi connectivity index (χ1) is 8.13. The number of rotatable bonds is 3. The number of alkyl halides is 2. The van der Waals surface area contributed by atoms with Gasteiger partial charge in [0.1, 0.15) is 21.8 Å². The molecular formula is C11H10F2N2OS. The number of halogens is 2. The Morgan fingerprint density at radius 2 is 2.06 bits per heavy atom. The summed E-state index contributed by atoms with van der Waals surface area (Å²) in [6, 6.07) is 8.29. The first-order valence-electron chi connectivity index (χ1n) is 4.87. The van der Waals surface area contributed by atoms with Crippen LogP contribution in [0.1, 0.15) is 12.1 Å². The van der Waals surface area contributed by atoms with E-state index in [1.54, 1.807) is 24.3 Å². The molecule has 17 heavy (non-hydrogen) atoms. The highest BCUT2D eigenvalue weighted by molar-refractivity contribution is 7.71. The fraction of sp³-hybridized carbons (Fsp3) is 0.182. The number of ether oxygens (including phenoxy) is 1. The average molecular weight is 256 g/mol. The maximum atomic E-state index is 12.5. The first kappa shape index (κ1) is 11.8. The van der Waals surface area contributed by atoms with E-state index in [0.717, 1.165) is 0 Å². The molecule has 1 N–H and O–H groups in total. The van der Waals surface area contributed by atoms with Crippen LogP contribution in [-0.2, 0) is 0 Å². The smallest absolute Gasteiger partial charge is 0.279 e. The molecule has 0 bridgehead atoms. The van der Waals surface area contributed by atoms with Gasteiger partial charge in [-0.25, -0.2) is 13.5 Å². The van der Waals surface area contributed by atoms with E-state index in [9.17, 15) is 8.78 Å². The second kappa shape index (κ2) is 4.67. The zero-order valence-corrected chi connectivity index (χ0v) is 9.80. The number of nitrogens with one attached hydrogen (secondary N) is 1. The van der Waals surface area contributed by atoms with Gasteiger partial charge in [-0.05, 0) is 12.1 Å². The minimum atomic E-state index is -2.58. The molecule has 0 aliphatic heterocycles. The van der Waals surface area contributed by atoms with Crippen molar-refractivity contribution in [3.8, 4) is 11.4 Å². The molecule has 0 aliphatic rings. The highest BCUT2D eigenvalue weighted by Gasteiger charge is 2.13. The summed E-state index contributed by atoms with van der Waals surface area (Å²) in [7, 11) is 1.51. The molecule has 90 valence electrons. The molecule has 1 aromatic carbocycles. The van der Waals surface area contributed by atoms with Crippen molar-refractivity contribution in [3.63, 3.8) is 0 Å². The SMILES string of the molecule is COc1ccccc1-n1[nH]c(C(F)F)cc1=S. The number of para-hydroxylation sites is 2. The minimum Gasteiger partial charge on any atom is -0.494 e. The van der Waals surface area contributed by atoms with Gasteiger partial charge in [0.05, 0.1) is 7.11 Å². The summed E-state index contributed by atoms with van der Waals surface area (Å²) < 4.78 is 31.9. The molecule has 0 saturated carbocycles. The largest absolute Gasteiger partial charge is 0.494 e. The third-order valence-corrected chi connectivity index (χ3v) is 2.60. The van der Waals surface area contributed by atoms with Crippen molar-refractivity contribution >= 4 is 12.2 Å². The number of H-pyrrole nitrogens is 1. The summed E-state index contributed by atoms with van der Waals surface area (Å²) in [5, 5.41) is 2.55. The lowest BCUT2D eigenvalue weighted by molar-refractivity contribution is 0.145. The highest BCUT2D eigenvalue weighted by atomic mass is 32.1. The number of methoxy groups -OCH3 is 1. The highest BCUT2D eigenvalue weighted by Crippen LogP contribution is 2.24. The molecule has 0 radical (unpaired) electrons. The van der Waals surface area contributed by atoms with Crippen LogP contribution < -0.4 is 4.74 Å². The van der Waals surface area contributed by atoms with Crippen LogP contribution in [0.2, 0.25) is 0 Å². The van der Waals surface area contributed by atoms with Gasteiger partial charge in [-0.3, -0.25) is 5.10 Å². The predicted octanol–water partition coefficient (Wildman–Crippen LogP) is 3.48. The maximum absolute atomic E-state index is 12.5. The van der Waals surface area contributed by atoms with Crippen LogP contribution in [0.5, 0.6) is 5.75 Å². The van der Waals surface area contributed by atoms with Gasteiger partial charge in [-0.15, -0.1) is 0 Å². The van der Waals surface area contributed by atoms with Crippen LogP contribution in [0, 0.1) is 4.64 Å². The first-order valence-corrected chi connectivity index (χ1v) is 5.28. The summed E-state index contributed by atoms with van der Waals surface area (Å²) in [4.78, 5) is 0. The van der Waals surface area contributed by atoms with Crippen LogP contribution in [-0.4, -0.2) is 16.9 Å². The van der Waals surface area contributed by atoms with Gasteiger partial charge in [-0.2, -0.15) is 0 Å². The van der Waals surface area contributed by atoms with Crippen molar-refractivity contribution in [3.05, 3.63) is 40.7 Å². The summed E-state index contributed by atoms with van der Waals surface area (Å²) in [6.07, 6.45) is -2.58. The van der Waals surface area contributed by atoms with E-state index in [1.807, 2.05) is 0 Å². The van der Waals surface area contributed by atoms with Crippen molar-refractivity contribution in [2.45, 2.75) is 6.43 Å². The summed E-state index contributed by atoms with van der Waals surface area (Å²) in [6.45, 7) is 0. The normalized spacial score (nSPS) is 10.8. The predicted molar refractivity (Wildman–Crippen MR) is 62.5 cm³/mol. The molecule has 2 aromatic rings. The van der Waals surface area contributed by atoms with E-state index < -0.39 is 6.43 Å². The Hall–Kier alpha value is -1.69. The Morgan fingerprint density at radius 3 is 2.65 bits per heavy atom. The number of aromatic amines is 1. The summed E-state index contributed by atoms with van der Waals surface area (Å²) >= 11 is 5.02. The van der Waals surface area contributed by atoms with Crippen LogP contribution >= 0.6 is 12.2 Å². The van der Waals surface area contributed by atoms with E-state index in [0.29, 0.717) is 11.4 Å². The van der Waals surface area contributed by atoms with Crippen LogP contribution in [0.15, 0.2) is 30.3 Å². The van der Waals surface area contributed by atoms with Crippen LogP contribution in [0.4, 0.5) is 8.78 Å². The van der Waals surface area contributed by atoms with Crippen molar-refractivity contribution < 1.29 is 13.5 Å². The fourth-order valence-corrected chi connectivity index (χ4v) is 1.79. The van der Waals surface area contributed by atoms with Crippen LogP contribution in [0.3, 0.4) is 0 Å². The number of nitrogens with zero attached hydrogens (tertiary/aromatic N) is 1. The molecule has 0 saturated heterocycles. The molecule has 3 nitrogen and oxygen atoms in total. The van der Waals surface area contributed by atoms with Gasteiger partial charge in [0.25, 0.3) is 6.43 Å². The van der Waals surface area contributed by atoms with Gasteiger partial charge < -0.3 is 4.74 Å². The van der Waals surface area contributed by atoms with E-state index in [1.165, 1.54) is 17.9 Å². The Morgan fingerprint density at radius 1 is 1.35 bits per heavy atom. The summed E-state index contributed by atoms with van der Waals surface area (Å²) in [5.74, 6) is 0.561. The zero-order valence-electron chi connectivity index (χ0n) is 8.98. The third kappa shape index (κ3) is 2.21. The average Bonchev–Trinajstić information content (AvgIpc) is 2.71. The lowest BCUT2D eigenvalue weighted by atomic mass is 10.3. The van der Waals surface area contributed by atoms with Crippen molar-refractivity contribution in [1.82, 2.24) is 9.78 Å². The van der Waals surface area contributed by atoms with E-state index >= 15 is 0 Å². The lowest BCUT2D eigenvalue weighted by Gasteiger charge is -2.08. The quantitative estimate of drug-likeness (QED) is 0.852. The number of hydrogen-bond donors (Lipinski definition) is 1. The maximum Gasteiger partial charge on any atom is 0.279 e.